The van der Waals surface area contributed by atoms with E-state index in [1.807, 2.05) is 0 Å². The Kier molecular flexibility index (Phi) is 5.68. The van der Waals surface area contributed by atoms with E-state index in [4.69, 9.17) is 0 Å². The molecule has 0 aliphatic carbocycles. The van der Waals surface area contributed by atoms with Crippen LogP contribution in [-0.4, -0.2) is 46.6 Å². The van der Waals surface area contributed by atoms with Crippen LogP contribution in [0.5, 0.6) is 0 Å². The zero-order valence-electron chi connectivity index (χ0n) is 13.5. The number of rotatable bonds is 6. The zero-order valence-corrected chi connectivity index (χ0v) is 13.5. The number of anilines is 1. The number of non-ortho nitro benzene ring substituents is 1. The van der Waals surface area contributed by atoms with Crippen LogP contribution in [0.2, 0.25) is 0 Å². The lowest BCUT2D eigenvalue weighted by atomic mass is 10.0. The molecule has 1 amide bonds. The van der Waals surface area contributed by atoms with Gasteiger partial charge in [0.2, 0.25) is 5.91 Å². The van der Waals surface area contributed by atoms with E-state index in [0.717, 1.165) is 19.5 Å². The predicted molar refractivity (Wildman–Crippen MR) is 87.3 cm³/mol. The zero-order chi connectivity index (χ0) is 17.0. The van der Waals surface area contributed by atoms with Crippen molar-refractivity contribution in [3.05, 3.63) is 33.9 Å². The van der Waals surface area contributed by atoms with Gasteiger partial charge in [0.15, 0.2) is 0 Å². The summed E-state index contributed by atoms with van der Waals surface area (Å²) >= 11 is 0. The van der Waals surface area contributed by atoms with Crippen molar-refractivity contribution in [2.45, 2.75) is 32.8 Å². The van der Waals surface area contributed by atoms with Gasteiger partial charge in [0.1, 0.15) is 0 Å². The Balaban J connectivity index is 1.82. The molecule has 0 saturated carbocycles. The summed E-state index contributed by atoms with van der Waals surface area (Å²) in [5.74, 6) is 0.178. The highest BCUT2D eigenvalue weighted by Crippen LogP contribution is 2.22. The van der Waals surface area contributed by atoms with Crippen LogP contribution in [0.15, 0.2) is 18.2 Å². The van der Waals surface area contributed by atoms with Gasteiger partial charge in [-0.05, 0) is 44.4 Å². The van der Waals surface area contributed by atoms with E-state index in [9.17, 15) is 20.0 Å². The topological polar surface area (TPSA) is 95.7 Å². The first-order valence-electron chi connectivity index (χ1n) is 7.82. The van der Waals surface area contributed by atoms with Crippen LogP contribution in [0, 0.1) is 23.0 Å². The molecular formula is C16H23N3O4. The molecule has 2 atom stereocenters. The van der Waals surface area contributed by atoms with E-state index in [1.165, 1.54) is 12.1 Å². The number of nitro benzene ring substituents is 1. The highest BCUT2D eigenvalue weighted by molar-refractivity contribution is 5.91. The summed E-state index contributed by atoms with van der Waals surface area (Å²) in [7, 11) is 0. The molecule has 2 unspecified atom stereocenters. The second kappa shape index (κ2) is 7.52. The summed E-state index contributed by atoms with van der Waals surface area (Å²) in [5, 5.41) is 23.1. The average molecular weight is 321 g/mol. The molecule has 0 aromatic heterocycles. The quantitative estimate of drug-likeness (QED) is 0.616. The minimum absolute atomic E-state index is 0.0155. The molecule has 7 nitrogen and oxygen atoms in total. The maximum atomic E-state index is 12.0. The van der Waals surface area contributed by atoms with E-state index in [0.29, 0.717) is 24.2 Å². The first-order chi connectivity index (χ1) is 10.9. The Morgan fingerprint density at radius 2 is 2.30 bits per heavy atom. The molecule has 2 rings (SSSR count). The lowest BCUT2D eigenvalue weighted by Crippen LogP contribution is -2.28. The van der Waals surface area contributed by atoms with E-state index in [1.54, 1.807) is 19.9 Å². The first-order valence-corrected chi connectivity index (χ1v) is 7.82. The Morgan fingerprint density at radius 1 is 1.57 bits per heavy atom. The van der Waals surface area contributed by atoms with E-state index < -0.39 is 4.92 Å². The van der Waals surface area contributed by atoms with Crippen LogP contribution >= 0.6 is 0 Å². The second-order valence-electron chi connectivity index (χ2n) is 6.14. The van der Waals surface area contributed by atoms with Crippen LogP contribution in [-0.2, 0) is 4.79 Å². The molecule has 1 fully saturated rings. The molecule has 1 heterocycles. The number of aliphatic hydroxyl groups is 1. The highest BCUT2D eigenvalue weighted by Gasteiger charge is 2.25. The van der Waals surface area contributed by atoms with Gasteiger partial charge >= 0.3 is 0 Å². The smallest absolute Gasteiger partial charge is 0.269 e. The number of nitrogens with zero attached hydrogens (tertiary/aromatic N) is 2. The number of hydrogen-bond acceptors (Lipinski definition) is 5. The van der Waals surface area contributed by atoms with E-state index >= 15 is 0 Å². The molecule has 1 saturated heterocycles. The highest BCUT2D eigenvalue weighted by atomic mass is 16.6. The van der Waals surface area contributed by atoms with Crippen molar-refractivity contribution in [2.24, 2.45) is 5.92 Å². The monoisotopic (exact) mass is 321 g/mol. The summed E-state index contributed by atoms with van der Waals surface area (Å²) in [5.41, 5.74) is 1.29. The van der Waals surface area contributed by atoms with Crippen molar-refractivity contribution >= 4 is 17.3 Å². The molecule has 0 spiro atoms. The third-order valence-electron chi connectivity index (χ3n) is 4.34. The summed E-state index contributed by atoms with van der Waals surface area (Å²) in [6.45, 7) is 5.91. The summed E-state index contributed by atoms with van der Waals surface area (Å²) in [6, 6.07) is 4.39. The van der Waals surface area contributed by atoms with Gasteiger partial charge in [-0.3, -0.25) is 14.9 Å². The predicted octanol–water partition coefficient (Wildman–Crippen LogP) is 1.93. The van der Waals surface area contributed by atoms with E-state index in [-0.39, 0.29) is 23.6 Å². The van der Waals surface area contributed by atoms with Gasteiger partial charge in [-0.25, -0.2) is 0 Å². The van der Waals surface area contributed by atoms with Crippen molar-refractivity contribution in [2.75, 3.05) is 25.0 Å². The van der Waals surface area contributed by atoms with Crippen LogP contribution < -0.4 is 5.32 Å². The number of aliphatic hydroxyl groups excluding tert-OH is 1. The van der Waals surface area contributed by atoms with Gasteiger partial charge in [-0.2, -0.15) is 0 Å². The summed E-state index contributed by atoms with van der Waals surface area (Å²) < 4.78 is 0. The van der Waals surface area contributed by atoms with Gasteiger partial charge in [0.05, 0.1) is 11.0 Å². The second-order valence-corrected chi connectivity index (χ2v) is 6.14. The minimum atomic E-state index is -0.454. The molecule has 1 aliphatic heterocycles. The molecule has 1 aromatic rings. The van der Waals surface area contributed by atoms with Gasteiger partial charge in [-0.1, -0.05) is 0 Å². The third kappa shape index (κ3) is 4.74. The Bertz CT molecular complexity index is 589. The maximum Gasteiger partial charge on any atom is 0.269 e. The summed E-state index contributed by atoms with van der Waals surface area (Å²) in [6.07, 6.45) is 1.01. The average Bonchev–Trinajstić information content (AvgIpc) is 2.96. The number of amides is 1. The molecule has 1 aliphatic rings. The van der Waals surface area contributed by atoms with Crippen LogP contribution in [0.1, 0.15) is 25.3 Å². The van der Waals surface area contributed by atoms with Crippen LogP contribution in [0.3, 0.4) is 0 Å². The number of benzene rings is 1. The van der Waals surface area contributed by atoms with Gasteiger partial charge in [0.25, 0.3) is 5.69 Å². The SMILES string of the molecule is Cc1cc([N+](=O)[O-])ccc1NC(=O)CCN1CCC(C(C)O)C1. The number of nitro groups is 1. The van der Waals surface area contributed by atoms with Crippen molar-refractivity contribution in [1.29, 1.82) is 0 Å². The number of nitrogens with one attached hydrogen (secondary N) is 1. The molecule has 126 valence electrons. The van der Waals surface area contributed by atoms with Crippen molar-refractivity contribution in [3.63, 3.8) is 0 Å². The third-order valence-corrected chi connectivity index (χ3v) is 4.34. The molecule has 2 N–H and O–H groups in total. The normalized spacial score (nSPS) is 19.5. The molecule has 7 heteroatoms. The fourth-order valence-electron chi connectivity index (χ4n) is 2.83. The molecule has 23 heavy (non-hydrogen) atoms. The van der Waals surface area contributed by atoms with Gasteiger partial charge in [-0.15, -0.1) is 0 Å². The van der Waals surface area contributed by atoms with Crippen molar-refractivity contribution < 1.29 is 14.8 Å². The molecule has 1 aromatic carbocycles. The maximum absolute atomic E-state index is 12.0. The lowest BCUT2D eigenvalue weighted by molar-refractivity contribution is -0.384. The van der Waals surface area contributed by atoms with Crippen LogP contribution in [0.25, 0.3) is 0 Å². The molecule has 0 radical (unpaired) electrons. The Hall–Kier alpha value is -1.99. The first kappa shape index (κ1) is 17.4. The number of hydrogen-bond donors (Lipinski definition) is 2. The van der Waals surface area contributed by atoms with Gasteiger partial charge in [0, 0.05) is 37.3 Å². The number of aryl methyl sites for hydroxylation is 1. The number of likely N-dealkylation sites (tertiary alicyclic amines) is 1. The molecule has 0 bridgehead atoms. The van der Waals surface area contributed by atoms with E-state index in [2.05, 4.69) is 10.2 Å². The Morgan fingerprint density at radius 3 is 2.87 bits per heavy atom. The fraction of sp³-hybridized carbons (Fsp3) is 0.562. The number of carbonyl (C=O) groups excluding carboxylic acids is 1. The van der Waals surface area contributed by atoms with Crippen molar-refractivity contribution in [1.82, 2.24) is 4.90 Å². The Labute approximate surface area is 135 Å². The largest absolute Gasteiger partial charge is 0.393 e. The number of carbonyl (C=O) groups is 1. The lowest BCUT2D eigenvalue weighted by Gasteiger charge is -2.17. The fourth-order valence-corrected chi connectivity index (χ4v) is 2.83. The van der Waals surface area contributed by atoms with Crippen LogP contribution in [0.4, 0.5) is 11.4 Å². The summed E-state index contributed by atoms with van der Waals surface area (Å²) in [4.78, 5) is 24.5. The van der Waals surface area contributed by atoms with Gasteiger partial charge < -0.3 is 15.3 Å². The van der Waals surface area contributed by atoms with Crippen molar-refractivity contribution in [3.8, 4) is 0 Å². The minimum Gasteiger partial charge on any atom is -0.393 e. The standard InChI is InChI=1S/C16H23N3O4/c1-11-9-14(19(22)23)3-4-15(11)17-16(21)6-8-18-7-5-13(10-18)12(2)20/h3-4,9,12-13,20H,5-8,10H2,1-2H3,(H,17,21). The molecular weight excluding hydrogens is 298 g/mol.